The summed E-state index contributed by atoms with van der Waals surface area (Å²) in [4.78, 5) is 31.9. The van der Waals surface area contributed by atoms with Gasteiger partial charge in [-0.3, -0.25) is 0 Å². The predicted molar refractivity (Wildman–Crippen MR) is 113 cm³/mol. The molecule has 21 heterocycles. The molecule has 0 bridgehead atoms. The molecule has 20 saturated heterocycles. The Morgan fingerprint density at radius 2 is 1.03 bits per heavy atom. The fourth-order valence-electron chi connectivity index (χ4n) is 35.5. The van der Waals surface area contributed by atoms with E-state index in [4.69, 9.17) is 4.98 Å². The summed E-state index contributed by atoms with van der Waals surface area (Å²) < 4.78 is 1.80. The monoisotopic (exact) mass is 497 g/mol. The molecule has 2 spiro atoms. The van der Waals surface area contributed by atoms with Gasteiger partial charge >= 0.3 is 166 Å². The fraction of sp³-hybridized carbons (Fsp3) is 0.690. The average Bonchev–Trinajstić information content (AvgIpc) is 3.71. The fourth-order valence-corrected chi connectivity index (χ4v) is 184. The second kappa shape index (κ2) is 0.895. The molecule has 20 aliphatic heterocycles. The van der Waals surface area contributed by atoms with E-state index >= 15 is 0 Å². The summed E-state index contributed by atoms with van der Waals surface area (Å²) >= 11 is 0. The van der Waals surface area contributed by atoms with Crippen molar-refractivity contribution in [2.45, 2.75) is 95.3 Å². The molecule has 20 fully saturated rings. The van der Waals surface area contributed by atoms with Gasteiger partial charge in [0, 0.05) is 0 Å². The van der Waals surface area contributed by atoms with Crippen molar-refractivity contribution in [3.63, 3.8) is 0 Å². The maximum atomic E-state index is 6.01. The minimum absolute atomic E-state index is 0.875. The van der Waals surface area contributed by atoms with E-state index in [0.717, 1.165) is 8.63 Å². The van der Waals surface area contributed by atoms with Gasteiger partial charge in [-0.2, -0.15) is 0 Å². The molecule has 0 N–H and O–H groups in total. The molecule has 0 radical (unpaired) electrons. The molecular formula is C29H23Fe2N. The topological polar surface area (TPSA) is 12.9 Å². The van der Waals surface area contributed by atoms with Crippen LogP contribution in [0.5, 0.6) is 0 Å². The number of nitrogens with zero attached hydrogens (tertiary/aromatic N) is 1. The van der Waals surface area contributed by atoms with Crippen LogP contribution in [0, 0.1) is 0 Å². The normalized spacial score (nSPS) is 126. The Bertz CT molecular complexity index is 2330. The molecule has 3 heteroatoms. The summed E-state index contributed by atoms with van der Waals surface area (Å²) in [6.07, 6.45) is 0. The van der Waals surface area contributed by atoms with Crippen molar-refractivity contribution in [3.05, 3.63) is 41.6 Å². The van der Waals surface area contributed by atoms with Gasteiger partial charge in [0.2, 0.25) is 0 Å². The second-order valence-corrected chi connectivity index (χ2v) is 69.1. The molecule has 32 heavy (non-hydrogen) atoms. The van der Waals surface area contributed by atoms with E-state index in [0.29, 0.717) is 0 Å². The van der Waals surface area contributed by atoms with Crippen LogP contribution in [-0.4, -0.2) is 4.98 Å². The summed E-state index contributed by atoms with van der Waals surface area (Å²) in [5, 5.41) is 1.55. The summed E-state index contributed by atoms with van der Waals surface area (Å²) in [7, 11) is 0. The Balaban J connectivity index is 1.09. The first kappa shape index (κ1) is 10.7. The third kappa shape index (κ3) is 0.115. The Morgan fingerprint density at radius 3 is 1.47 bits per heavy atom. The first-order valence-electron chi connectivity index (χ1n) is 14.1. The number of hydrogen-bond donors (Lipinski definition) is 0. The predicted octanol–water partition coefficient (Wildman–Crippen LogP) is 7.83. The standard InChI is InChI=1S/C19H13N.2C5H5.2Fe/c1-2-8-14(7-1)17-13-16-11-5-6-12-18(16)20-19(17)15-9-3-4-10-15;2*1-2-4-5-3-1;;/h1-13H;2*1-5H;;. The van der Waals surface area contributed by atoms with Gasteiger partial charge < -0.3 is 0 Å². The number of para-hydroxylation sites is 1. The molecule has 0 saturated carbocycles. The van der Waals surface area contributed by atoms with E-state index in [9.17, 15) is 0 Å². The minimum atomic E-state index is -3.22. The van der Waals surface area contributed by atoms with Gasteiger partial charge in [-0.25, -0.2) is 0 Å². The van der Waals surface area contributed by atoms with E-state index in [1.807, 2.05) is 5.69 Å². The molecule has 0 aliphatic carbocycles. The number of aromatic nitrogens is 1. The quantitative estimate of drug-likeness (QED) is 0.386. The molecule has 0 amide bonds. The Labute approximate surface area is 165 Å². The van der Waals surface area contributed by atoms with Gasteiger partial charge in [-0.1, -0.05) is 0 Å². The van der Waals surface area contributed by atoms with Gasteiger partial charge in [0.1, 0.15) is 0 Å². The van der Waals surface area contributed by atoms with Crippen LogP contribution in [0.2, 0.25) is 86.7 Å². The summed E-state index contributed by atoms with van der Waals surface area (Å²) in [5.74, 6) is 0. The van der Waals surface area contributed by atoms with E-state index in [1.54, 1.807) is 5.39 Å². The molecule has 2 aromatic rings. The molecule has 1 nitrogen and oxygen atoms in total. The molecular weight excluding hydrogens is 474 g/mol. The Morgan fingerprint density at radius 1 is 0.562 bits per heavy atom. The van der Waals surface area contributed by atoms with Crippen molar-refractivity contribution in [2.24, 2.45) is 0 Å². The van der Waals surface area contributed by atoms with E-state index in [1.165, 1.54) is 92.2 Å². The zero-order chi connectivity index (χ0) is 18.6. The van der Waals surface area contributed by atoms with E-state index < -0.39 is 13.0 Å². The van der Waals surface area contributed by atoms with Gasteiger partial charge in [0.15, 0.2) is 0 Å². The van der Waals surface area contributed by atoms with Crippen LogP contribution in [0.4, 0.5) is 0 Å². The summed E-state index contributed by atoms with van der Waals surface area (Å²) in [6.45, 7) is -6.41. The van der Waals surface area contributed by atoms with Gasteiger partial charge in [0.25, 0.3) is 0 Å². The molecule has 1 aromatic carbocycles. The maximum absolute atomic E-state index is 6.01. The van der Waals surface area contributed by atoms with E-state index in [-0.39, 0.29) is 0 Å². The van der Waals surface area contributed by atoms with Crippen LogP contribution < -0.4 is 0 Å². The molecule has 1 aromatic heterocycles. The average molecular weight is 497 g/mol. The first-order valence-corrected chi connectivity index (χ1v) is 26.7. The second-order valence-electron chi connectivity index (χ2n) is 21.9. The van der Waals surface area contributed by atoms with Gasteiger partial charge in [-0.05, 0) is 0 Å². The zero-order valence-electron chi connectivity index (χ0n) is 17.4. The van der Waals surface area contributed by atoms with Crippen molar-refractivity contribution in [2.75, 3.05) is 0 Å². The Kier molecular flexibility index (Phi) is 0.300. The number of hydrogen-bond acceptors (Lipinski definition) is 1. The van der Waals surface area contributed by atoms with Crippen molar-refractivity contribution in [1.82, 2.24) is 4.98 Å². The number of fused-ring (bicyclic) bond motifs is 21. The number of benzene rings is 1. The van der Waals surface area contributed by atoms with Crippen molar-refractivity contribution >= 4 is 10.9 Å². The zero-order valence-corrected chi connectivity index (χ0v) is 19.6. The molecule has 8 unspecified atom stereocenters. The van der Waals surface area contributed by atoms with Crippen LogP contribution in [0.25, 0.3) is 10.9 Å². The van der Waals surface area contributed by atoms with Crippen molar-refractivity contribution in [1.29, 1.82) is 0 Å². The SMILES string of the molecule is c1ccc2nc([C]34[CH]5[CH]6[CH]7[CH]3[Fe]6754389%10[CH]4[CH]3[CH]8[CH]9[CH]4%10)c([C]34[CH]5[CH]6[CH]7[CH]3[Fe]6754389%10[CH]4[CH]3[CH]8[CH]9[CH]4%10)cc2c1. The number of rotatable bonds is 2. The molecule has 8 atom stereocenters. The van der Waals surface area contributed by atoms with Crippen molar-refractivity contribution < 1.29 is 13.0 Å². The molecule has 22 rings (SSSR count). The first-order chi connectivity index (χ1) is 15.3. The summed E-state index contributed by atoms with van der Waals surface area (Å²) in [5.41, 5.74) is 5.51. The van der Waals surface area contributed by atoms with Gasteiger partial charge in [0.05, 0.1) is 0 Å². The van der Waals surface area contributed by atoms with Crippen LogP contribution in [0.1, 0.15) is 11.3 Å². The van der Waals surface area contributed by atoms with E-state index in [2.05, 4.69) is 35.9 Å². The van der Waals surface area contributed by atoms with Crippen LogP contribution in [0.15, 0.2) is 30.3 Å². The van der Waals surface area contributed by atoms with Crippen LogP contribution in [0.3, 0.4) is 0 Å². The third-order valence-corrected chi connectivity index (χ3v) is 117. The third-order valence-electron chi connectivity index (χ3n) is 31.9. The molecule has 160 valence electrons. The Hall–Kier alpha value is -0.331. The summed E-state index contributed by atoms with van der Waals surface area (Å²) in [6, 6.07) is 12.4. The van der Waals surface area contributed by atoms with Crippen LogP contribution in [-0.2, 0) is 21.6 Å². The number of pyridine rings is 1. The van der Waals surface area contributed by atoms with Gasteiger partial charge in [-0.15, -0.1) is 0 Å². The van der Waals surface area contributed by atoms with Crippen molar-refractivity contribution in [3.8, 4) is 0 Å². The molecule has 20 aliphatic rings. The van der Waals surface area contributed by atoms with Crippen LogP contribution >= 0.6 is 0 Å².